The highest BCUT2D eigenvalue weighted by Gasteiger charge is 2.31. The van der Waals surface area contributed by atoms with Crippen molar-refractivity contribution in [1.29, 1.82) is 0 Å². The van der Waals surface area contributed by atoms with E-state index in [0.717, 1.165) is 12.8 Å². The summed E-state index contributed by atoms with van der Waals surface area (Å²) in [5.41, 5.74) is 5.71. The molecule has 0 aromatic heterocycles. The van der Waals surface area contributed by atoms with Gasteiger partial charge < -0.3 is 15.2 Å². The molecule has 18 heavy (non-hydrogen) atoms. The Bertz CT molecular complexity index is 248. The van der Waals surface area contributed by atoms with Crippen molar-refractivity contribution in [3.8, 4) is 0 Å². The van der Waals surface area contributed by atoms with Crippen molar-refractivity contribution < 1.29 is 19.1 Å². The van der Waals surface area contributed by atoms with E-state index in [1.807, 2.05) is 13.8 Å². The van der Waals surface area contributed by atoms with Crippen LogP contribution in [0.2, 0.25) is 0 Å². The average molecular weight is 326 g/mol. The summed E-state index contributed by atoms with van der Waals surface area (Å²) in [5.74, 6) is -1.58. The predicted octanol–water partition coefficient (Wildman–Crippen LogP) is 1.82. The quantitative estimate of drug-likeness (QED) is 0.689. The van der Waals surface area contributed by atoms with Gasteiger partial charge in [0, 0.05) is 0 Å². The van der Waals surface area contributed by atoms with Crippen molar-refractivity contribution in [1.82, 2.24) is 0 Å². The molecule has 0 heterocycles. The summed E-state index contributed by atoms with van der Waals surface area (Å²) in [6.45, 7) is 6.28. The van der Waals surface area contributed by atoms with E-state index in [1.165, 1.54) is 0 Å². The zero-order chi connectivity index (χ0) is 13.3. The minimum Gasteiger partial charge on any atom is -0.465 e. The topological polar surface area (TPSA) is 78.6 Å². The lowest BCUT2D eigenvalue weighted by Gasteiger charge is -2.19. The average Bonchev–Trinajstić information content (AvgIpc) is 2.33. The van der Waals surface area contributed by atoms with Crippen molar-refractivity contribution in [2.24, 2.45) is 11.7 Å². The second-order valence-electron chi connectivity index (χ2n) is 3.88. The molecule has 0 amide bonds. The summed E-state index contributed by atoms with van der Waals surface area (Å²) in [7, 11) is 0. The van der Waals surface area contributed by atoms with Crippen LogP contribution < -0.4 is 5.73 Å². The number of halogens is 1. The van der Waals surface area contributed by atoms with Crippen molar-refractivity contribution in [3.05, 3.63) is 0 Å². The number of hydrogen-bond acceptors (Lipinski definition) is 5. The number of carbonyl (C=O) groups is 2. The summed E-state index contributed by atoms with van der Waals surface area (Å²) in [6.07, 6.45) is 1.94. The Morgan fingerprint density at radius 3 is 1.83 bits per heavy atom. The Kier molecular flexibility index (Phi) is 12.6. The summed E-state index contributed by atoms with van der Waals surface area (Å²) in [5, 5.41) is 0. The Balaban J connectivity index is 0. The van der Waals surface area contributed by atoms with E-state index in [0.29, 0.717) is 19.6 Å². The van der Waals surface area contributed by atoms with Gasteiger partial charge in [0.15, 0.2) is 0 Å². The van der Waals surface area contributed by atoms with E-state index in [-0.39, 0.29) is 17.0 Å². The third-order valence-electron chi connectivity index (χ3n) is 2.35. The fourth-order valence-corrected chi connectivity index (χ4v) is 1.34. The van der Waals surface area contributed by atoms with Crippen LogP contribution in [0, 0.1) is 5.92 Å². The van der Waals surface area contributed by atoms with Gasteiger partial charge in [0.1, 0.15) is 6.04 Å². The van der Waals surface area contributed by atoms with E-state index in [1.54, 1.807) is 6.92 Å². The second-order valence-corrected chi connectivity index (χ2v) is 3.88. The maximum absolute atomic E-state index is 11.6. The first-order chi connectivity index (χ1) is 8.08. The Morgan fingerprint density at radius 1 is 1.00 bits per heavy atom. The molecule has 0 aromatic rings. The number of rotatable bonds is 8. The summed E-state index contributed by atoms with van der Waals surface area (Å²) >= 11 is 0. The highest BCUT2D eigenvalue weighted by Crippen LogP contribution is 2.11. The molecular formula is C12H24BrNO4. The highest BCUT2D eigenvalue weighted by atomic mass is 79.9. The molecule has 0 saturated heterocycles. The first kappa shape index (κ1) is 19.7. The van der Waals surface area contributed by atoms with Gasteiger partial charge in [-0.15, -0.1) is 17.0 Å². The van der Waals surface area contributed by atoms with Crippen molar-refractivity contribution in [3.63, 3.8) is 0 Å². The largest absolute Gasteiger partial charge is 0.465 e. The molecular weight excluding hydrogens is 302 g/mol. The van der Waals surface area contributed by atoms with Crippen LogP contribution in [0.25, 0.3) is 0 Å². The Labute approximate surface area is 119 Å². The lowest BCUT2D eigenvalue weighted by molar-refractivity contribution is -0.157. The van der Waals surface area contributed by atoms with Crippen LogP contribution in [0.4, 0.5) is 0 Å². The third kappa shape index (κ3) is 6.96. The molecule has 5 nitrogen and oxygen atoms in total. The molecule has 0 aromatic carbocycles. The summed E-state index contributed by atoms with van der Waals surface area (Å²) in [6, 6.07) is -0.934. The predicted molar refractivity (Wildman–Crippen MR) is 74.6 cm³/mol. The van der Waals surface area contributed by atoms with Crippen LogP contribution in [0.5, 0.6) is 0 Å². The first-order valence-corrected chi connectivity index (χ1v) is 6.17. The molecule has 0 unspecified atom stereocenters. The molecule has 2 N–H and O–H groups in total. The first-order valence-electron chi connectivity index (χ1n) is 6.17. The Morgan fingerprint density at radius 2 is 1.44 bits per heavy atom. The van der Waals surface area contributed by atoms with Gasteiger partial charge in [-0.25, -0.2) is 0 Å². The fraction of sp³-hybridized carbons (Fsp3) is 0.833. The van der Waals surface area contributed by atoms with Gasteiger partial charge in [0.2, 0.25) is 0 Å². The number of hydrogen-bond donors (Lipinski definition) is 1. The fourth-order valence-electron chi connectivity index (χ4n) is 1.34. The summed E-state index contributed by atoms with van der Waals surface area (Å²) in [4.78, 5) is 23.2. The molecule has 2 atom stereocenters. The molecule has 0 fully saturated rings. The van der Waals surface area contributed by atoms with E-state index in [2.05, 4.69) is 0 Å². The smallest absolute Gasteiger partial charge is 0.323 e. The molecule has 0 aliphatic rings. The van der Waals surface area contributed by atoms with E-state index in [4.69, 9.17) is 15.2 Å². The van der Waals surface area contributed by atoms with Gasteiger partial charge in [0.05, 0.1) is 19.1 Å². The molecule has 0 rings (SSSR count). The van der Waals surface area contributed by atoms with Crippen molar-refractivity contribution in [2.75, 3.05) is 13.2 Å². The minimum atomic E-state index is -0.934. The minimum absolute atomic E-state index is 0. The van der Waals surface area contributed by atoms with Gasteiger partial charge in [-0.2, -0.15) is 0 Å². The summed E-state index contributed by atoms with van der Waals surface area (Å²) < 4.78 is 9.91. The highest BCUT2D eigenvalue weighted by molar-refractivity contribution is 8.93. The molecule has 0 saturated carbocycles. The van der Waals surface area contributed by atoms with Gasteiger partial charge in [0.25, 0.3) is 0 Å². The normalized spacial score (nSPS) is 13.1. The van der Waals surface area contributed by atoms with Crippen LogP contribution in [0.3, 0.4) is 0 Å². The molecule has 0 bridgehead atoms. The third-order valence-corrected chi connectivity index (χ3v) is 2.35. The van der Waals surface area contributed by atoms with Crippen molar-refractivity contribution >= 4 is 28.9 Å². The van der Waals surface area contributed by atoms with E-state index < -0.39 is 23.9 Å². The molecule has 108 valence electrons. The van der Waals surface area contributed by atoms with Crippen molar-refractivity contribution in [2.45, 2.75) is 46.1 Å². The van der Waals surface area contributed by atoms with Crippen LogP contribution in [0.15, 0.2) is 0 Å². The lowest BCUT2D eigenvalue weighted by atomic mass is 9.98. The van der Waals surface area contributed by atoms with Crippen LogP contribution in [-0.4, -0.2) is 31.2 Å². The zero-order valence-corrected chi connectivity index (χ0v) is 13.0. The number of ether oxygens (including phenoxy) is 2. The standard InChI is InChI=1S/C12H23NO4.BrH/c1-4-7-16-11(14)9(6-3)10(13)12(15)17-8-5-2;/h9-10H,4-8,13H2,1-3H3;1H/t9-,10-;/m0./s1. The second kappa shape index (κ2) is 11.5. The molecule has 0 aliphatic carbocycles. The number of esters is 2. The van der Waals surface area contributed by atoms with Gasteiger partial charge in [-0.05, 0) is 19.3 Å². The van der Waals surface area contributed by atoms with E-state index in [9.17, 15) is 9.59 Å². The van der Waals surface area contributed by atoms with E-state index >= 15 is 0 Å². The number of nitrogens with two attached hydrogens (primary N) is 1. The van der Waals surface area contributed by atoms with Gasteiger partial charge in [-0.3, -0.25) is 9.59 Å². The van der Waals surface area contributed by atoms with Crippen LogP contribution >= 0.6 is 17.0 Å². The monoisotopic (exact) mass is 325 g/mol. The molecule has 0 aliphatic heterocycles. The molecule has 0 spiro atoms. The maximum Gasteiger partial charge on any atom is 0.323 e. The van der Waals surface area contributed by atoms with Gasteiger partial charge >= 0.3 is 11.9 Å². The lowest BCUT2D eigenvalue weighted by Crippen LogP contribution is -2.43. The molecule has 6 heteroatoms. The number of carbonyl (C=O) groups excluding carboxylic acids is 2. The van der Waals surface area contributed by atoms with Crippen LogP contribution in [0.1, 0.15) is 40.0 Å². The maximum atomic E-state index is 11.6. The van der Waals surface area contributed by atoms with Gasteiger partial charge in [-0.1, -0.05) is 20.8 Å². The molecule has 0 radical (unpaired) electrons. The SMILES string of the molecule is Br.CCCOC(=O)[C@@H](N)[C@H](CC)C(=O)OCCC. The Hall–Kier alpha value is -0.620. The zero-order valence-electron chi connectivity index (χ0n) is 11.3. The van der Waals surface area contributed by atoms with Crippen LogP contribution in [-0.2, 0) is 19.1 Å².